The lowest BCUT2D eigenvalue weighted by Crippen LogP contribution is -2.41. The summed E-state index contributed by atoms with van der Waals surface area (Å²) in [6.45, 7) is 1.55. The maximum atomic E-state index is 13.9. The first-order chi connectivity index (χ1) is 11.0. The lowest BCUT2D eigenvalue weighted by Gasteiger charge is -2.27. The number of carbonyl (C=O) groups excluding carboxylic acids is 1. The molecule has 124 valence electrons. The van der Waals surface area contributed by atoms with Gasteiger partial charge in [-0.15, -0.1) is 11.3 Å². The number of hydrogen-bond donors (Lipinski definition) is 0. The Hall–Kier alpha value is -1.80. The normalized spacial score (nSPS) is 21.7. The van der Waals surface area contributed by atoms with Crippen molar-refractivity contribution in [2.75, 3.05) is 20.1 Å². The van der Waals surface area contributed by atoms with Crippen LogP contribution in [0.5, 0.6) is 0 Å². The highest BCUT2D eigenvalue weighted by Crippen LogP contribution is 2.23. The zero-order valence-electron chi connectivity index (χ0n) is 13.2. The Bertz CT molecular complexity index is 659. The fourth-order valence-electron chi connectivity index (χ4n) is 3.01. The van der Waals surface area contributed by atoms with E-state index in [1.54, 1.807) is 33.7 Å². The van der Waals surface area contributed by atoms with Crippen LogP contribution in [0, 0.1) is 0 Å². The highest BCUT2D eigenvalue weighted by atomic mass is 32.1. The van der Waals surface area contributed by atoms with Crippen molar-refractivity contribution >= 4 is 17.2 Å². The molecule has 1 saturated heterocycles. The summed E-state index contributed by atoms with van der Waals surface area (Å²) in [6, 6.07) is 0.0118. The number of hydrogen-bond acceptors (Lipinski definition) is 5. The number of likely N-dealkylation sites (tertiary alicyclic amines) is 1. The molecule has 3 rings (SSSR count). The largest absolute Gasteiger partial charge is 0.339 e. The summed E-state index contributed by atoms with van der Waals surface area (Å²) < 4.78 is 15.6. The number of likely N-dealkylation sites (N-methyl/N-ethyl adjacent to an activating group) is 1. The molecule has 0 aliphatic carbocycles. The smallest absolute Gasteiger partial charge is 0.273 e. The van der Waals surface area contributed by atoms with Gasteiger partial charge in [-0.05, 0) is 6.42 Å². The zero-order valence-corrected chi connectivity index (χ0v) is 14.0. The molecule has 2 aromatic rings. The molecule has 0 unspecified atom stereocenters. The van der Waals surface area contributed by atoms with Crippen LogP contribution in [-0.4, -0.2) is 62.8 Å². The van der Waals surface area contributed by atoms with Gasteiger partial charge in [-0.2, -0.15) is 5.10 Å². The second-order valence-electron chi connectivity index (χ2n) is 6.00. The zero-order chi connectivity index (χ0) is 16.4. The Morgan fingerprint density at radius 3 is 3.04 bits per heavy atom. The molecule has 0 spiro atoms. The third kappa shape index (κ3) is 3.76. The minimum atomic E-state index is -0.848. The maximum absolute atomic E-state index is 13.9. The summed E-state index contributed by atoms with van der Waals surface area (Å²) in [4.78, 5) is 20.1. The number of aromatic nitrogens is 3. The Balaban J connectivity index is 1.63. The SMILES string of the molecule is CN(C[C@@H]1C[C@H](F)CN1Cc1cnn(C)c1)C(=O)c1cscn1. The van der Waals surface area contributed by atoms with Crippen LogP contribution in [0.25, 0.3) is 0 Å². The highest BCUT2D eigenvalue weighted by Gasteiger charge is 2.33. The average Bonchev–Trinajstić information content (AvgIpc) is 3.22. The molecule has 0 saturated carbocycles. The Morgan fingerprint density at radius 1 is 1.57 bits per heavy atom. The summed E-state index contributed by atoms with van der Waals surface area (Å²) in [5, 5.41) is 5.89. The number of amides is 1. The molecule has 3 heterocycles. The number of carbonyl (C=O) groups is 1. The second-order valence-corrected chi connectivity index (χ2v) is 6.72. The van der Waals surface area contributed by atoms with Crippen molar-refractivity contribution < 1.29 is 9.18 Å². The van der Waals surface area contributed by atoms with E-state index in [4.69, 9.17) is 0 Å². The number of halogens is 1. The molecule has 23 heavy (non-hydrogen) atoms. The number of aryl methyl sites for hydroxylation is 1. The predicted octanol–water partition coefficient (Wildman–Crippen LogP) is 1.56. The van der Waals surface area contributed by atoms with E-state index < -0.39 is 6.17 Å². The van der Waals surface area contributed by atoms with Gasteiger partial charge in [-0.1, -0.05) is 0 Å². The fraction of sp³-hybridized carbons (Fsp3) is 0.533. The molecule has 1 aliphatic rings. The van der Waals surface area contributed by atoms with E-state index in [-0.39, 0.29) is 11.9 Å². The van der Waals surface area contributed by atoms with Crippen molar-refractivity contribution in [1.29, 1.82) is 0 Å². The molecule has 2 atom stereocenters. The molecule has 2 aromatic heterocycles. The number of rotatable bonds is 5. The second kappa shape index (κ2) is 6.76. The van der Waals surface area contributed by atoms with Crippen molar-refractivity contribution in [3.8, 4) is 0 Å². The quantitative estimate of drug-likeness (QED) is 0.831. The molecule has 1 amide bonds. The van der Waals surface area contributed by atoms with Crippen LogP contribution < -0.4 is 0 Å². The molecule has 6 nitrogen and oxygen atoms in total. The van der Waals surface area contributed by atoms with Crippen molar-refractivity contribution in [3.05, 3.63) is 34.5 Å². The highest BCUT2D eigenvalue weighted by molar-refractivity contribution is 7.07. The van der Waals surface area contributed by atoms with E-state index in [2.05, 4.69) is 15.0 Å². The molecule has 0 N–H and O–H groups in total. The van der Waals surface area contributed by atoms with Gasteiger partial charge in [-0.3, -0.25) is 14.4 Å². The Labute approximate surface area is 138 Å². The minimum Gasteiger partial charge on any atom is -0.339 e. The van der Waals surface area contributed by atoms with Crippen LogP contribution in [0.4, 0.5) is 4.39 Å². The predicted molar refractivity (Wildman–Crippen MR) is 86.0 cm³/mol. The molecule has 0 aromatic carbocycles. The van der Waals surface area contributed by atoms with Crippen molar-refractivity contribution in [3.63, 3.8) is 0 Å². The molecular formula is C15H20FN5OS. The van der Waals surface area contributed by atoms with Crippen molar-refractivity contribution in [2.45, 2.75) is 25.2 Å². The minimum absolute atomic E-state index is 0.0118. The summed E-state index contributed by atoms with van der Waals surface area (Å²) in [5.41, 5.74) is 3.15. The molecule has 8 heteroatoms. The van der Waals surface area contributed by atoms with E-state index in [1.165, 1.54) is 11.3 Å². The van der Waals surface area contributed by atoms with Gasteiger partial charge in [0.1, 0.15) is 11.9 Å². The standard InChI is InChI=1S/C15H20FN5OS/c1-19(15(22)14-9-23-10-17-14)8-13-3-12(16)7-21(13)6-11-4-18-20(2)5-11/h4-5,9-10,12-13H,3,6-8H2,1-2H3/t12-,13-/m0/s1. The first-order valence-electron chi connectivity index (χ1n) is 7.52. The lowest BCUT2D eigenvalue weighted by atomic mass is 10.2. The molecule has 1 fully saturated rings. The van der Waals surface area contributed by atoms with Gasteiger partial charge >= 0.3 is 0 Å². The number of nitrogens with zero attached hydrogens (tertiary/aromatic N) is 5. The first kappa shape index (κ1) is 16.1. The Morgan fingerprint density at radius 2 is 2.39 bits per heavy atom. The van der Waals surface area contributed by atoms with Gasteiger partial charge in [0.2, 0.25) is 0 Å². The van der Waals surface area contributed by atoms with Crippen LogP contribution in [-0.2, 0) is 13.6 Å². The summed E-state index contributed by atoms with van der Waals surface area (Å²) in [7, 11) is 3.61. The van der Waals surface area contributed by atoms with Crippen molar-refractivity contribution in [1.82, 2.24) is 24.6 Å². The first-order valence-corrected chi connectivity index (χ1v) is 8.46. The third-order valence-electron chi connectivity index (χ3n) is 4.10. The van der Waals surface area contributed by atoms with E-state index in [1.807, 2.05) is 13.2 Å². The average molecular weight is 337 g/mol. The van der Waals surface area contributed by atoms with Gasteiger partial charge in [0.25, 0.3) is 5.91 Å². The maximum Gasteiger partial charge on any atom is 0.273 e. The van der Waals surface area contributed by atoms with Gasteiger partial charge in [-0.25, -0.2) is 9.37 Å². The lowest BCUT2D eigenvalue weighted by molar-refractivity contribution is 0.0745. The van der Waals surface area contributed by atoms with Gasteiger partial charge in [0, 0.05) is 56.9 Å². The summed E-state index contributed by atoms with van der Waals surface area (Å²) in [5.74, 6) is -0.116. The molecular weight excluding hydrogens is 317 g/mol. The van der Waals surface area contributed by atoms with Crippen LogP contribution in [0.3, 0.4) is 0 Å². The van der Waals surface area contributed by atoms with Gasteiger partial charge in [0.15, 0.2) is 0 Å². The van der Waals surface area contributed by atoms with Crippen LogP contribution >= 0.6 is 11.3 Å². The van der Waals surface area contributed by atoms with Crippen LogP contribution in [0.15, 0.2) is 23.3 Å². The topological polar surface area (TPSA) is 54.3 Å². The van der Waals surface area contributed by atoms with Crippen LogP contribution in [0.2, 0.25) is 0 Å². The Kier molecular flexibility index (Phi) is 4.72. The van der Waals surface area contributed by atoms with Gasteiger partial charge < -0.3 is 4.90 Å². The van der Waals surface area contributed by atoms with E-state index in [0.717, 1.165) is 5.56 Å². The van der Waals surface area contributed by atoms with Crippen LogP contribution in [0.1, 0.15) is 22.5 Å². The van der Waals surface area contributed by atoms with E-state index >= 15 is 0 Å². The van der Waals surface area contributed by atoms with E-state index in [0.29, 0.717) is 31.7 Å². The summed E-state index contributed by atoms with van der Waals surface area (Å²) >= 11 is 1.39. The fourth-order valence-corrected chi connectivity index (χ4v) is 3.53. The molecule has 1 aliphatic heterocycles. The van der Waals surface area contributed by atoms with E-state index in [9.17, 15) is 9.18 Å². The monoisotopic (exact) mass is 337 g/mol. The van der Waals surface area contributed by atoms with Crippen molar-refractivity contribution in [2.24, 2.45) is 7.05 Å². The number of alkyl halides is 1. The molecule has 0 radical (unpaired) electrons. The third-order valence-corrected chi connectivity index (χ3v) is 4.69. The molecule has 0 bridgehead atoms. The summed E-state index contributed by atoms with van der Waals surface area (Å²) in [6.07, 6.45) is 3.34. The number of thiazole rings is 1. The van der Waals surface area contributed by atoms with Gasteiger partial charge in [0.05, 0.1) is 11.7 Å².